The number of aromatic nitrogens is 2. The summed E-state index contributed by atoms with van der Waals surface area (Å²) in [7, 11) is 1.78. The van der Waals surface area contributed by atoms with E-state index in [4.69, 9.17) is 4.74 Å². The molecular weight excluding hydrogens is 393 g/mol. The second kappa shape index (κ2) is 10.2. The lowest BCUT2D eigenvalue weighted by Crippen LogP contribution is -2.39. The molecule has 1 unspecified atom stereocenters. The predicted octanol–water partition coefficient (Wildman–Crippen LogP) is 3.63. The molecule has 3 aromatic rings. The van der Waals surface area contributed by atoms with Crippen LogP contribution in [0.2, 0.25) is 0 Å². The molecule has 7 heteroatoms. The SMILES string of the molecule is CN=C(NCc1ccc(-n2ccnc2)c(F)c1)N1CCC(COCc2ccccc2)C1. The van der Waals surface area contributed by atoms with Crippen LogP contribution in [0.5, 0.6) is 0 Å². The van der Waals surface area contributed by atoms with Gasteiger partial charge in [-0.05, 0) is 29.7 Å². The molecule has 1 aliphatic rings. The highest BCUT2D eigenvalue weighted by Crippen LogP contribution is 2.18. The number of guanidine groups is 1. The maximum atomic E-state index is 14.5. The first-order valence-corrected chi connectivity index (χ1v) is 10.6. The van der Waals surface area contributed by atoms with Gasteiger partial charge < -0.3 is 19.5 Å². The third-order valence-electron chi connectivity index (χ3n) is 5.51. The van der Waals surface area contributed by atoms with Crippen LogP contribution in [-0.4, -0.2) is 47.2 Å². The van der Waals surface area contributed by atoms with Gasteiger partial charge in [0, 0.05) is 45.0 Å². The summed E-state index contributed by atoms with van der Waals surface area (Å²) in [5.41, 5.74) is 2.55. The Balaban J connectivity index is 1.25. The number of nitrogens with one attached hydrogen (secondary N) is 1. The molecule has 162 valence electrons. The van der Waals surface area contributed by atoms with Gasteiger partial charge in [-0.1, -0.05) is 36.4 Å². The van der Waals surface area contributed by atoms with E-state index in [0.29, 0.717) is 24.8 Å². The first-order chi connectivity index (χ1) is 15.2. The van der Waals surface area contributed by atoms with Gasteiger partial charge in [-0.3, -0.25) is 4.99 Å². The summed E-state index contributed by atoms with van der Waals surface area (Å²) in [6, 6.07) is 15.5. The Labute approximate surface area is 182 Å². The van der Waals surface area contributed by atoms with Crippen LogP contribution in [0.25, 0.3) is 5.69 Å². The lowest BCUT2D eigenvalue weighted by atomic mass is 10.1. The summed E-state index contributed by atoms with van der Waals surface area (Å²) >= 11 is 0. The van der Waals surface area contributed by atoms with E-state index in [1.54, 1.807) is 42.5 Å². The van der Waals surface area contributed by atoms with Gasteiger partial charge in [-0.15, -0.1) is 0 Å². The van der Waals surface area contributed by atoms with Crippen molar-refractivity contribution in [3.63, 3.8) is 0 Å². The Morgan fingerprint density at radius 3 is 2.84 bits per heavy atom. The van der Waals surface area contributed by atoms with Crippen molar-refractivity contribution in [1.29, 1.82) is 0 Å². The number of aliphatic imine (C=N–C) groups is 1. The third kappa shape index (κ3) is 5.49. The van der Waals surface area contributed by atoms with Gasteiger partial charge in [0.05, 0.1) is 25.2 Å². The minimum atomic E-state index is -0.274. The topological polar surface area (TPSA) is 54.7 Å². The minimum Gasteiger partial charge on any atom is -0.376 e. The average Bonchev–Trinajstić information content (AvgIpc) is 3.48. The number of hydrogen-bond acceptors (Lipinski definition) is 3. The van der Waals surface area contributed by atoms with Crippen LogP contribution >= 0.6 is 0 Å². The highest BCUT2D eigenvalue weighted by molar-refractivity contribution is 5.80. The molecule has 1 aliphatic heterocycles. The van der Waals surface area contributed by atoms with Crippen molar-refractivity contribution in [3.8, 4) is 5.69 Å². The summed E-state index contributed by atoms with van der Waals surface area (Å²) in [6.07, 6.45) is 6.02. The van der Waals surface area contributed by atoms with Gasteiger partial charge in [0.2, 0.25) is 0 Å². The Kier molecular flexibility index (Phi) is 6.94. The van der Waals surface area contributed by atoms with Crippen LogP contribution in [0.1, 0.15) is 17.5 Å². The molecule has 2 aromatic carbocycles. The van der Waals surface area contributed by atoms with E-state index in [2.05, 4.69) is 32.3 Å². The summed E-state index contributed by atoms with van der Waals surface area (Å²) in [5.74, 6) is 1.04. The molecule has 1 N–H and O–H groups in total. The molecule has 1 fully saturated rings. The number of nitrogens with zero attached hydrogens (tertiary/aromatic N) is 4. The van der Waals surface area contributed by atoms with E-state index < -0.39 is 0 Å². The summed E-state index contributed by atoms with van der Waals surface area (Å²) < 4.78 is 22.1. The molecule has 1 saturated heterocycles. The van der Waals surface area contributed by atoms with Crippen molar-refractivity contribution < 1.29 is 9.13 Å². The number of rotatable bonds is 7. The van der Waals surface area contributed by atoms with Crippen molar-refractivity contribution in [2.75, 3.05) is 26.7 Å². The van der Waals surface area contributed by atoms with Crippen LogP contribution in [0.4, 0.5) is 4.39 Å². The Bertz CT molecular complexity index is 990. The van der Waals surface area contributed by atoms with Gasteiger partial charge in [0.25, 0.3) is 0 Å². The van der Waals surface area contributed by atoms with Crippen LogP contribution in [0.3, 0.4) is 0 Å². The fourth-order valence-electron chi connectivity index (χ4n) is 3.86. The number of hydrogen-bond donors (Lipinski definition) is 1. The Hall–Kier alpha value is -3.19. The van der Waals surface area contributed by atoms with E-state index in [1.165, 1.54) is 5.56 Å². The van der Waals surface area contributed by atoms with Crippen molar-refractivity contribution in [2.24, 2.45) is 10.9 Å². The van der Waals surface area contributed by atoms with Crippen molar-refractivity contribution in [3.05, 3.63) is 84.2 Å². The number of halogens is 1. The minimum absolute atomic E-state index is 0.274. The van der Waals surface area contributed by atoms with E-state index in [9.17, 15) is 4.39 Å². The third-order valence-corrected chi connectivity index (χ3v) is 5.51. The standard InChI is InChI=1S/C24H28FN5O/c1-26-24(28-14-20-7-8-23(22(25)13-20)30-12-10-27-18-30)29-11-9-21(15-29)17-31-16-19-5-3-2-4-6-19/h2-8,10,12-13,18,21H,9,11,14-17H2,1H3,(H,26,28). The maximum absolute atomic E-state index is 14.5. The Morgan fingerprint density at radius 2 is 2.10 bits per heavy atom. The predicted molar refractivity (Wildman–Crippen MR) is 119 cm³/mol. The van der Waals surface area contributed by atoms with Gasteiger partial charge in [-0.2, -0.15) is 0 Å². The summed E-state index contributed by atoms with van der Waals surface area (Å²) in [6.45, 7) is 3.74. The molecule has 0 bridgehead atoms. The number of ether oxygens (including phenoxy) is 1. The highest BCUT2D eigenvalue weighted by Gasteiger charge is 2.25. The normalized spacial score (nSPS) is 16.6. The monoisotopic (exact) mass is 421 g/mol. The van der Waals surface area contributed by atoms with Gasteiger partial charge in [0.1, 0.15) is 5.82 Å². The molecule has 0 aliphatic carbocycles. The molecule has 1 aromatic heterocycles. The lowest BCUT2D eigenvalue weighted by molar-refractivity contribution is 0.0906. The zero-order chi connectivity index (χ0) is 21.5. The van der Waals surface area contributed by atoms with Gasteiger partial charge in [0.15, 0.2) is 5.96 Å². The van der Waals surface area contributed by atoms with Crippen LogP contribution in [0.15, 0.2) is 72.2 Å². The Morgan fingerprint density at radius 1 is 1.23 bits per heavy atom. The first-order valence-electron chi connectivity index (χ1n) is 10.6. The molecule has 2 heterocycles. The van der Waals surface area contributed by atoms with E-state index in [1.807, 2.05) is 24.3 Å². The lowest BCUT2D eigenvalue weighted by Gasteiger charge is -2.22. The molecular formula is C24H28FN5O. The highest BCUT2D eigenvalue weighted by atomic mass is 19.1. The van der Waals surface area contributed by atoms with Gasteiger partial charge in [-0.25, -0.2) is 9.37 Å². The fourth-order valence-corrected chi connectivity index (χ4v) is 3.86. The quantitative estimate of drug-likeness (QED) is 0.468. The summed E-state index contributed by atoms with van der Waals surface area (Å²) in [4.78, 5) is 10.6. The molecule has 6 nitrogen and oxygen atoms in total. The molecule has 0 spiro atoms. The molecule has 31 heavy (non-hydrogen) atoms. The smallest absolute Gasteiger partial charge is 0.193 e. The molecule has 1 atom stereocenters. The van der Waals surface area contributed by atoms with Crippen molar-refractivity contribution in [1.82, 2.24) is 19.8 Å². The number of imidazole rings is 1. The zero-order valence-electron chi connectivity index (χ0n) is 17.7. The van der Waals surface area contributed by atoms with Crippen molar-refractivity contribution in [2.45, 2.75) is 19.6 Å². The summed E-state index contributed by atoms with van der Waals surface area (Å²) in [5, 5.41) is 3.36. The van der Waals surface area contributed by atoms with Crippen molar-refractivity contribution >= 4 is 5.96 Å². The first kappa shape index (κ1) is 21.1. The number of likely N-dealkylation sites (tertiary alicyclic amines) is 1. The molecule has 4 rings (SSSR count). The molecule has 0 radical (unpaired) electrons. The fraction of sp³-hybridized carbons (Fsp3) is 0.333. The molecule has 0 amide bonds. The van der Waals surface area contributed by atoms with Crippen LogP contribution in [-0.2, 0) is 17.9 Å². The largest absolute Gasteiger partial charge is 0.376 e. The van der Waals surface area contributed by atoms with E-state index >= 15 is 0 Å². The second-order valence-corrected chi connectivity index (χ2v) is 7.76. The van der Waals surface area contributed by atoms with Crippen LogP contribution < -0.4 is 5.32 Å². The molecule has 0 saturated carbocycles. The van der Waals surface area contributed by atoms with Gasteiger partial charge >= 0.3 is 0 Å². The van der Waals surface area contributed by atoms with Crippen LogP contribution in [0, 0.1) is 11.7 Å². The number of benzene rings is 2. The van der Waals surface area contributed by atoms with E-state index in [0.717, 1.165) is 37.6 Å². The maximum Gasteiger partial charge on any atom is 0.193 e. The van der Waals surface area contributed by atoms with E-state index in [-0.39, 0.29) is 5.82 Å². The average molecular weight is 422 g/mol. The zero-order valence-corrected chi connectivity index (χ0v) is 17.7. The second-order valence-electron chi connectivity index (χ2n) is 7.76.